The molecular formula is C20H15ClF2N6O2. The summed E-state index contributed by atoms with van der Waals surface area (Å²) < 4.78 is 28.2. The van der Waals surface area contributed by atoms with E-state index in [1.165, 1.54) is 18.3 Å². The number of amides is 4. The summed E-state index contributed by atoms with van der Waals surface area (Å²) in [7, 11) is 0. The Balaban J connectivity index is 1.40. The highest BCUT2D eigenvalue weighted by Gasteiger charge is 2.45. The number of urea groups is 2. The number of carbonyl (C=O) groups is 2. The maximum atomic E-state index is 14.8. The summed E-state index contributed by atoms with van der Waals surface area (Å²) in [5.41, 5.74) is 3.96. The van der Waals surface area contributed by atoms with Gasteiger partial charge in [-0.15, -0.1) is 0 Å². The molecule has 4 amide bonds. The molecule has 8 nitrogen and oxygen atoms in total. The molecule has 11 heteroatoms. The molecule has 0 spiro atoms. The Kier molecular flexibility index (Phi) is 4.58. The van der Waals surface area contributed by atoms with Crippen LogP contribution in [-0.2, 0) is 0 Å². The summed E-state index contributed by atoms with van der Waals surface area (Å²) in [4.78, 5) is 29.8. The van der Waals surface area contributed by atoms with Gasteiger partial charge in [-0.2, -0.15) is 5.10 Å². The fraction of sp³-hybridized carbons (Fsp3) is 0.200. The van der Waals surface area contributed by atoms with Gasteiger partial charge in [0.1, 0.15) is 17.3 Å². The third-order valence-electron chi connectivity index (χ3n) is 5.45. The SMILES string of the molecule is O=C1NN=C2C(=CC3CCC2N3C(=O)Nc2cc(Cl)c(-c3cncc(F)c3)cc2F)N1. The zero-order chi connectivity index (χ0) is 21.7. The van der Waals surface area contributed by atoms with E-state index in [9.17, 15) is 18.4 Å². The predicted octanol–water partition coefficient (Wildman–Crippen LogP) is 3.61. The Morgan fingerprint density at radius 2 is 2.06 bits per heavy atom. The van der Waals surface area contributed by atoms with Gasteiger partial charge in [0.25, 0.3) is 0 Å². The lowest BCUT2D eigenvalue weighted by molar-refractivity contribution is 0.205. The van der Waals surface area contributed by atoms with Gasteiger partial charge in [0, 0.05) is 17.3 Å². The summed E-state index contributed by atoms with van der Waals surface area (Å²) in [6, 6.07) is 2.04. The molecule has 0 radical (unpaired) electrons. The largest absolute Gasteiger partial charge is 0.339 e. The van der Waals surface area contributed by atoms with Crippen LogP contribution in [0.1, 0.15) is 12.8 Å². The van der Waals surface area contributed by atoms with Crippen LogP contribution in [0, 0.1) is 11.6 Å². The van der Waals surface area contributed by atoms with Crippen molar-refractivity contribution in [2.24, 2.45) is 5.10 Å². The quantitative estimate of drug-likeness (QED) is 0.659. The van der Waals surface area contributed by atoms with Crippen LogP contribution in [-0.4, -0.2) is 39.7 Å². The average molecular weight is 445 g/mol. The Labute approximate surface area is 180 Å². The second-order valence-corrected chi connectivity index (χ2v) is 7.75. The summed E-state index contributed by atoms with van der Waals surface area (Å²) in [6.45, 7) is 0. The Hall–Kier alpha value is -3.53. The van der Waals surface area contributed by atoms with Gasteiger partial charge in [0.15, 0.2) is 0 Å². The van der Waals surface area contributed by atoms with E-state index < -0.39 is 23.7 Å². The second-order valence-electron chi connectivity index (χ2n) is 7.34. The van der Waals surface area contributed by atoms with Gasteiger partial charge >= 0.3 is 12.1 Å². The number of carbonyl (C=O) groups excluding carboxylic acids is 2. The molecule has 158 valence electrons. The van der Waals surface area contributed by atoms with Gasteiger partial charge < -0.3 is 15.5 Å². The van der Waals surface area contributed by atoms with Crippen LogP contribution in [0.3, 0.4) is 0 Å². The molecule has 5 rings (SSSR count). The number of hydrogen-bond acceptors (Lipinski definition) is 4. The van der Waals surface area contributed by atoms with Crippen molar-refractivity contribution in [3.05, 3.63) is 59.0 Å². The van der Waals surface area contributed by atoms with E-state index in [2.05, 4.69) is 26.1 Å². The van der Waals surface area contributed by atoms with E-state index in [1.54, 1.807) is 11.0 Å². The number of hydrazone groups is 1. The molecule has 4 heterocycles. The number of rotatable bonds is 2. The van der Waals surface area contributed by atoms with Crippen molar-refractivity contribution in [1.29, 1.82) is 0 Å². The van der Waals surface area contributed by atoms with E-state index >= 15 is 0 Å². The first-order valence-corrected chi connectivity index (χ1v) is 9.84. The third-order valence-corrected chi connectivity index (χ3v) is 5.77. The summed E-state index contributed by atoms with van der Waals surface area (Å²) >= 11 is 6.27. The van der Waals surface area contributed by atoms with Gasteiger partial charge in [-0.3, -0.25) is 4.98 Å². The maximum absolute atomic E-state index is 14.8. The van der Waals surface area contributed by atoms with Crippen LogP contribution >= 0.6 is 11.6 Å². The van der Waals surface area contributed by atoms with Crippen LogP contribution < -0.4 is 16.1 Å². The molecule has 2 aromatic rings. The van der Waals surface area contributed by atoms with Crippen molar-refractivity contribution >= 4 is 35.1 Å². The maximum Gasteiger partial charge on any atom is 0.339 e. The van der Waals surface area contributed by atoms with E-state index in [1.807, 2.05) is 0 Å². The highest BCUT2D eigenvalue weighted by molar-refractivity contribution is 6.33. The second kappa shape index (κ2) is 7.31. The lowest BCUT2D eigenvalue weighted by atomic mass is 10.0. The number of pyridine rings is 1. The number of hydrogen-bond donors (Lipinski definition) is 3. The lowest BCUT2D eigenvalue weighted by Crippen LogP contribution is -2.55. The van der Waals surface area contributed by atoms with E-state index in [4.69, 9.17) is 11.6 Å². The molecular weight excluding hydrogens is 430 g/mol. The molecule has 0 aliphatic carbocycles. The molecule has 2 bridgehead atoms. The first-order valence-electron chi connectivity index (χ1n) is 9.47. The molecule has 3 aliphatic heterocycles. The fourth-order valence-corrected chi connectivity index (χ4v) is 4.40. The number of nitrogens with zero attached hydrogens (tertiary/aromatic N) is 3. The Morgan fingerprint density at radius 3 is 2.87 bits per heavy atom. The molecule has 0 saturated carbocycles. The predicted molar refractivity (Wildman–Crippen MR) is 109 cm³/mol. The van der Waals surface area contributed by atoms with E-state index in [0.717, 1.165) is 12.3 Å². The normalized spacial score (nSPS) is 21.5. The van der Waals surface area contributed by atoms with Gasteiger partial charge in [-0.25, -0.2) is 23.8 Å². The van der Waals surface area contributed by atoms with Gasteiger partial charge in [0.05, 0.1) is 34.7 Å². The van der Waals surface area contributed by atoms with E-state index in [-0.39, 0.29) is 28.4 Å². The number of halogens is 3. The fourth-order valence-electron chi connectivity index (χ4n) is 4.12. The smallest absolute Gasteiger partial charge is 0.309 e. The standard InChI is InChI=1S/C20H15ClF2N6O2/c21-13-6-15(14(23)5-12(13)9-3-10(22)8-24-7-9)26-20(31)29-11-1-2-17(29)18-16(4-11)25-19(30)28-27-18/h3-8,11,17H,1-2H2,(H,26,31)(H2,25,28,30). The van der Waals surface area contributed by atoms with Crippen molar-refractivity contribution in [2.45, 2.75) is 24.9 Å². The Bertz CT molecular complexity index is 1180. The summed E-state index contributed by atoms with van der Waals surface area (Å²) in [6.07, 6.45) is 5.51. The zero-order valence-electron chi connectivity index (χ0n) is 15.8. The van der Waals surface area contributed by atoms with Crippen molar-refractivity contribution in [1.82, 2.24) is 20.6 Å². The molecule has 1 saturated heterocycles. The number of fused-ring (bicyclic) bond motifs is 4. The van der Waals surface area contributed by atoms with Crippen LogP contribution in [0.25, 0.3) is 11.1 Å². The minimum Gasteiger partial charge on any atom is -0.309 e. The molecule has 1 aromatic carbocycles. The number of anilines is 1. The summed E-state index contributed by atoms with van der Waals surface area (Å²) in [5, 5.41) is 9.45. The topological polar surface area (TPSA) is 98.7 Å². The van der Waals surface area contributed by atoms with Crippen molar-refractivity contribution < 1.29 is 18.4 Å². The van der Waals surface area contributed by atoms with Gasteiger partial charge in [0.2, 0.25) is 0 Å². The molecule has 31 heavy (non-hydrogen) atoms. The zero-order valence-corrected chi connectivity index (χ0v) is 16.6. The van der Waals surface area contributed by atoms with E-state index in [0.29, 0.717) is 29.8 Å². The van der Waals surface area contributed by atoms with Crippen molar-refractivity contribution in [3.63, 3.8) is 0 Å². The minimum atomic E-state index is -0.721. The number of aromatic nitrogens is 1. The van der Waals surface area contributed by atoms with Crippen LogP contribution in [0.4, 0.5) is 24.1 Å². The molecule has 2 unspecified atom stereocenters. The highest BCUT2D eigenvalue weighted by atomic mass is 35.5. The van der Waals surface area contributed by atoms with Crippen molar-refractivity contribution in [3.8, 4) is 11.1 Å². The van der Waals surface area contributed by atoms with Crippen LogP contribution in [0.2, 0.25) is 5.02 Å². The molecule has 3 N–H and O–H groups in total. The molecule has 1 fully saturated rings. The molecule has 2 atom stereocenters. The Morgan fingerprint density at radius 1 is 1.23 bits per heavy atom. The van der Waals surface area contributed by atoms with Crippen LogP contribution in [0.5, 0.6) is 0 Å². The van der Waals surface area contributed by atoms with Crippen molar-refractivity contribution in [2.75, 3.05) is 5.32 Å². The average Bonchev–Trinajstić information content (AvgIpc) is 3.05. The first kappa shape index (κ1) is 19.4. The summed E-state index contributed by atoms with van der Waals surface area (Å²) in [5.74, 6) is -1.29. The minimum absolute atomic E-state index is 0.103. The molecule has 1 aromatic heterocycles. The van der Waals surface area contributed by atoms with Crippen LogP contribution in [0.15, 0.2) is 47.5 Å². The third kappa shape index (κ3) is 3.38. The first-order chi connectivity index (χ1) is 14.9. The number of benzene rings is 1. The monoisotopic (exact) mass is 444 g/mol. The molecule has 3 aliphatic rings. The van der Waals surface area contributed by atoms with Gasteiger partial charge in [-0.05, 0) is 37.1 Å². The van der Waals surface area contributed by atoms with Gasteiger partial charge in [-0.1, -0.05) is 11.6 Å². The lowest BCUT2D eigenvalue weighted by Gasteiger charge is -2.36. The number of nitrogens with one attached hydrogen (secondary N) is 3. The highest BCUT2D eigenvalue weighted by Crippen LogP contribution is 2.36.